The van der Waals surface area contributed by atoms with E-state index in [9.17, 15) is 4.79 Å². The number of hydrogen-bond acceptors (Lipinski definition) is 2. The largest absolute Gasteiger partial charge is 0.491 e. The monoisotopic (exact) mass is 351 g/mol. The fraction of sp³-hybridized carbons (Fsp3) is 0.278. The Morgan fingerprint density at radius 1 is 1.13 bits per heavy atom. The average Bonchev–Trinajstić information content (AvgIpc) is 2.55. The number of carbonyl (C=O) groups is 1. The first-order chi connectivity index (χ1) is 11.0. The van der Waals surface area contributed by atoms with E-state index in [-0.39, 0.29) is 11.9 Å². The van der Waals surface area contributed by atoms with Gasteiger partial charge in [-0.15, -0.1) is 0 Å². The Bertz CT molecular complexity index is 647. The van der Waals surface area contributed by atoms with Gasteiger partial charge in [-0.05, 0) is 43.2 Å². The van der Waals surface area contributed by atoms with Gasteiger partial charge in [0.15, 0.2) is 0 Å². The van der Waals surface area contributed by atoms with E-state index in [1.807, 2.05) is 43.3 Å². The smallest absolute Gasteiger partial charge is 0.220 e. The fourth-order valence-corrected chi connectivity index (χ4v) is 2.40. The van der Waals surface area contributed by atoms with E-state index in [0.29, 0.717) is 29.5 Å². The van der Waals surface area contributed by atoms with Crippen LogP contribution in [0.2, 0.25) is 10.0 Å². The van der Waals surface area contributed by atoms with Crippen LogP contribution < -0.4 is 10.1 Å². The number of benzene rings is 2. The summed E-state index contributed by atoms with van der Waals surface area (Å²) in [5.41, 5.74) is 0.989. The summed E-state index contributed by atoms with van der Waals surface area (Å²) in [6.45, 7) is 2.35. The van der Waals surface area contributed by atoms with Gasteiger partial charge < -0.3 is 10.1 Å². The van der Waals surface area contributed by atoms with Gasteiger partial charge in [0.1, 0.15) is 12.4 Å². The van der Waals surface area contributed by atoms with Crippen molar-refractivity contribution >= 4 is 29.1 Å². The Balaban J connectivity index is 1.72. The maximum absolute atomic E-state index is 12.0. The second kappa shape index (κ2) is 8.80. The molecule has 3 nitrogen and oxygen atoms in total. The highest BCUT2D eigenvalue weighted by Gasteiger charge is 2.09. The minimum atomic E-state index is -0.0588. The lowest BCUT2D eigenvalue weighted by atomic mass is 10.1. The molecule has 1 amide bonds. The predicted octanol–water partition coefficient (Wildman–Crippen LogP) is 4.51. The molecular formula is C18H19Cl2NO2. The molecule has 0 aromatic heterocycles. The van der Waals surface area contributed by atoms with Crippen LogP contribution in [0.1, 0.15) is 18.9 Å². The van der Waals surface area contributed by atoms with Crippen molar-refractivity contribution in [1.29, 1.82) is 0 Å². The van der Waals surface area contributed by atoms with Crippen molar-refractivity contribution in [2.75, 3.05) is 6.61 Å². The zero-order valence-electron chi connectivity index (χ0n) is 12.9. The molecular weight excluding hydrogens is 333 g/mol. The van der Waals surface area contributed by atoms with Crippen LogP contribution in [0.25, 0.3) is 0 Å². The molecule has 23 heavy (non-hydrogen) atoms. The molecule has 1 N–H and O–H groups in total. The van der Waals surface area contributed by atoms with Crippen molar-refractivity contribution in [3.63, 3.8) is 0 Å². The lowest BCUT2D eigenvalue weighted by Gasteiger charge is -2.15. The normalized spacial score (nSPS) is 11.8. The third kappa shape index (κ3) is 6.12. The molecule has 122 valence electrons. The van der Waals surface area contributed by atoms with Crippen LogP contribution in [0, 0.1) is 0 Å². The van der Waals surface area contributed by atoms with Crippen molar-refractivity contribution in [3.05, 3.63) is 64.1 Å². The summed E-state index contributed by atoms with van der Waals surface area (Å²) in [7, 11) is 0. The molecule has 2 rings (SSSR count). The van der Waals surface area contributed by atoms with Crippen molar-refractivity contribution in [3.8, 4) is 5.75 Å². The van der Waals surface area contributed by atoms with E-state index in [4.69, 9.17) is 27.9 Å². The van der Waals surface area contributed by atoms with Gasteiger partial charge in [-0.3, -0.25) is 4.79 Å². The summed E-state index contributed by atoms with van der Waals surface area (Å²) in [6.07, 6.45) is 1.02. The van der Waals surface area contributed by atoms with Gasteiger partial charge in [-0.1, -0.05) is 47.5 Å². The molecule has 1 unspecified atom stereocenters. The molecule has 0 bridgehead atoms. The minimum Gasteiger partial charge on any atom is -0.491 e. The minimum absolute atomic E-state index is 0.0137. The molecule has 0 spiro atoms. The van der Waals surface area contributed by atoms with Gasteiger partial charge in [-0.2, -0.15) is 0 Å². The third-order valence-electron chi connectivity index (χ3n) is 3.28. The topological polar surface area (TPSA) is 38.3 Å². The SMILES string of the molecule is CC(COc1ccccc1)NC(=O)CCc1ccc(Cl)c(Cl)c1. The predicted molar refractivity (Wildman–Crippen MR) is 94.3 cm³/mol. The first-order valence-corrected chi connectivity index (χ1v) is 8.21. The van der Waals surface area contributed by atoms with Gasteiger partial charge in [0.25, 0.3) is 0 Å². The van der Waals surface area contributed by atoms with Crippen LogP contribution in [-0.4, -0.2) is 18.6 Å². The van der Waals surface area contributed by atoms with Crippen LogP contribution in [-0.2, 0) is 11.2 Å². The fourth-order valence-electron chi connectivity index (χ4n) is 2.08. The standard InChI is InChI=1S/C18H19Cl2NO2/c1-13(12-23-15-5-3-2-4-6-15)21-18(22)10-8-14-7-9-16(19)17(20)11-14/h2-7,9,11,13H,8,10,12H2,1H3,(H,21,22). The second-order valence-electron chi connectivity index (χ2n) is 5.34. The highest BCUT2D eigenvalue weighted by molar-refractivity contribution is 6.42. The molecule has 0 aliphatic heterocycles. The molecule has 0 saturated carbocycles. The molecule has 1 atom stereocenters. The number of halogens is 2. The van der Waals surface area contributed by atoms with E-state index in [1.54, 1.807) is 12.1 Å². The number of hydrogen-bond donors (Lipinski definition) is 1. The van der Waals surface area contributed by atoms with Crippen molar-refractivity contribution in [1.82, 2.24) is 5.32 Å². The van der Waals surface area contributed by atoms with Crippen molar-refractivity contribution in [2.45, 2.75) is 25.8 Å². The first-order valence-electron chi connectivity index (χ1n) is 7.45. The van der Waals surface area contributed by atoms with Gasteiger partial charge in [0.2, 0.25) is 5.91 Å². The van der Waals surface area contributed by atoms with Crippen LogP contribution >= 0.6 is 23.2 Å². The quantitative estimate of drug-likeness (QED) is 0.796. The zero-order chi connectivity index (χ0) is 16.7. The molecule has 0 aliphatic carbocycles. The van der Waals surface area contributed by atoms with Crippen LogP contribution in [0.3, 0.4) is 0 Å². The number of ether oxygens (including phenoxy) is 1. The third-order valence-corrected chi connectivity index (χ3v) is 4.01. The molecule has 0 heterocycles. The second-order valence-corrected chi connectivity index (χ2v) is 6.16. The summed E-state index contributed by atoms with van der Waals surface area (Å²) in [4.78, 5) is 12.0. The Kier molecular flexibility index (Phi) is 6.75. The van der Waals surface area contributed by atoms with E-state index in [0.717, 1.165) is 11.3 Å². The van der Waals surface area contributed by atoms with Crippen molar-refractivity contribution < 1.29 is 9.53 Å². The van der Waals surface area contributed by atoms with Crippen LogP contribution in [0.5, 0.6) is 5.75 Å². The number of carbonyl (C=O) groups excluding carboxylic acids is 1. The molecule has 2 aromatic carbocycles. The highest BCUT2D eigenvalue weighted by atomic mass is 35.5. The van der Waals surface area contributed by atoms with E-state index < -0.39 is 0 Å². The number of para-hydroxylation sites is 1. The van der Waals surface area contributed by atoms with Gasteiger partial charge in [-0.25, -0.2) is 0 Å². The lowest BCUT2D eigenvalue weighted by molar-refractivity contribution is -0.121. The zero-order valence-corrected chi connectivity index (χ0v) is 14.4. The number of nitrogens with one attached hydrogen (secondary N) is 1. The summed E-state index contributed by atoms with van der Waals surface area (Å²) in [6, 6.07) is 14.9. The number of amides is 1. The molecule has 0 fully saturated rings. The van der Waals surface area contributed by atoms with E-state index in [1.165, 1.54) is 0 Å². The van der Waals surface area contributed by atoms with Crippen molar-refractivity contribution in [2.24, 2.45) is 0 Å². The van der Waals surface area contributed by atoms with Gasteiger partial charge >= 0.3 is 0 Å². The van der Waals surface area contributed by atoms with Gasteiger partial charge in [0.05, 0.1) is 16.1 Å². The summed E-state index contributed by atoms with van der Waals surface area (Å²) >= 11 is 11.8. The van der Waals surface area contributed by atoms with E-state index in [2.05, 4.69) is 5.32 Å². The Morgan fingerprint density at radius 2 is 1.87 bits per heavy atom. The Labute approximate surface area is 146 Å². The highest BCUT2D eigenvalue weighted by Crippen LogP contribution is 2.23. The summed E-state index contributed by atoms with van der Waals surface area (Å²) in [5.74, 6) is 0.782. The number of rotatable bonds is 7. The van der Waals surface area contributed by atoms with Crippen LogP contribution in [0.4, 0.5) is 0 Å². The molecule has 0 aliphatic rings. The van der Waals surface area contributed by atoms with Gasteiger partial charge in [0, 0.05) is 6.42 Å². The molecule has 5 heteroatoms. The maximum atomic E-state index is 12.0. The molecule has 0 radical (unpaired) electrons. The Morgan fingerprint density at radius 3 is 2.57 bits per heavy atom. The molecule has 2 aromatic rings. The molecule has 0 saturated heterocycles. The first kappa shape index (κ1) is 17.6. The Hall–Kier alpha value is -1.71. The van der Waals surface area contributed by atoms with Crippen LogP contribution in [0.15, 0.2) is 48.5 Å². The summed E-state index contributed by atoms with van der Waals surface area (Å²) in [5, 5.41) is 3.95. The van der Waals surface area contributed by atoms with E-state index >= 15 is 0 Å². The number of aryl methyl sites for hydroxylation is 1. The lowest BCUT2D eigenvalue weighted by Crippen LogP contribution is -2.36. The average molecular weight is 352 g/mol. The summed E-state index contributed by atoms with van der Waals surface area (Å²) < 4.78 is 5.61. The maximum Gasteiger partial charge on any atom is 0.220 e.